The van der Waals surface area contributed by atoms with E-state index in [4.69, 9.17) is 0 Å². The molecule has 0 fully saturated rings. The van der Waals surface area contributed by atoms with Crippen LogP contribution in [0.4, 0.5) is 19.3 Å². The molecule has 0 saturated heterocycles. The van der Waals surface area contributed by atoms with Crippen LogP contribution >= 0.6 is 0 Å². The van der Waals surface area contributed by atoms with E-state index in [0.717, 1.165) is 12.1 Å². The predicted molar refractivity (Wildman–Crippen MR) is 67.4 cm³/mol. The molecule has 5 heteroatoms. The molecule has 2 amide bonds. The van der Waals surface area contributed by atoms with E-state index in [-0.39, 0.29) is 17.1 Å². The third-order valence-corrected chi connectivity index (χ3v) is 2.82. The van der Waals surface area contributed by atoms with Crippen molar-refractivity contribution in [3.05, 3.63) is 29.8 Å². The molecule has 1 aromatic rings. The van der Waals surface area contributed by atoms with Crippen LogP contribution in [0, 0.1) is 17.0 Å². The second-order valence-corrected chi connectivity index (χ2v) is 5.32. The largest absolute Gasteiger partial charge is 0.335 e. The normalized spacial score (nSPS) is 13.0. The van der Waals surface area contributed by atoms with Crippen LogP contribution in [-0.4, -0.2) is 12.1 Å². The smallest absolute Gasteiger partial charge is 0.319 e. The fourth-order valence-corrected chi connectivity index (χ4v) is 1.15. The maximum absolute atomic E-state index is 12.9. The first-order valence-electron chi connectivity index (χ1n) is 5.72. The lowest BCUT2D eigenvalue weighted by molar-refractivity contribution is 0.233. The number of carbonyl (C=O) groups excluding carboxylic acids is 1. The third-order valence-electron chi connectivity index (χ3n) is 2.82. The van der Waals surface area contributed by atoms with Crippen LogP contribution < -0.4 is 10.6 Å². The van der Waals surface area contributed by atoms with E-state index in [1.165, 1.54) is 6.07 Å². The zero-order chi connectivity index (χ0) is 13.9. The summed E-state index contributed by atoms with van der Waals surface area (Å²) in [5.74, 6) is -1.93. The lowest BCUT2D eigenvalue weighted by Gasteiger charge is -2.28. The van der Waals surface area contributed by atoms with Gasteiger partial charge in [-0.05, 0) is 24.5 Å². The third kappa shape index (κ3) is 3.98. The molecule has 1 atom stereocenters. The average molecular weight is 256 g/mol. The zero-order valence-corrected chi connectivity index (χ0v) is 11.0. The highest BCUT2D eigenvalue weighted by Gasteiger charge is 2.21. The van der Waals surface area contributed by atoms with Gasteiger partial charge in [0.1, 0.15) is 0 Å². The Morgan fingerprint density at radius 2 is 1.83 bits per heavy atom. The van der Waals surface area contributed by atoms with Gasteiger partial charge in [-0.3, -0.25) is 0 Å². The Bertz CT molecular complexity index is 441. The summed E-state index contributed by atoms with van der Waals surface area (Å²) in [7, 11) is 0. The molecule has 0 heterocycles. The Hall–Kier alpha value is -1.65. The minimum atomic E-state index is -0.989. The van der Waals surface area contributed by atoms with Crippen LogP contribution in [0.25, 0.3) is 0 Å². The quantitative estimate of drug-likeness (QED) is 0.835. The van der Waals surface area contributed by atoms with Crippen molar-refractivity contribution in [3.8, 4) is 0 Å². The van der Waals surface area contributed by atoms with Crippen molar-refractivity contribution in [1.82, 2.24) is 5.32 Å². The number of urea groups is 1. The van der Waals surface area contributed by atoms with Crippen molar-refractivity contribution >= 4 is 11.7 Å². The number of anilines is 1. The van der Waals surface area contributed by atoms with E-state index >= 15 is 0 Å². The molecule has 0 radical (unpaired) electrons. The predicted octanol–water partition coefficient (Wildman–Crippen LogP) is 3.52. The second-order valence-electron chi connectivity index (χ2n) is 5.32. The Morgan fingerprint density at radius 1 is 1.22 bits per heavy atom. The first kappa shape index (κ1) is 14.4. The van der Waals surface area contributed by atoms with Crippen molar-refractivity contribution in [1.29, 1.82) is 0 Å². The molecule has 18 heavy (non-hydrogen) atoms. The molecule has 2 N–H and O–H groups in total. The van der Waals surface area contributed by atoms with Gasteiger partial charge in [-0.2, -0.15) is 0 Å². The maximum atomic E-state index is 12.9. The molecule has 100 valence electrons. The number of rotatable bonds is 2. The van der Waals surface area contributed by atoms with Crippen LogP contribution in [0.1, 0.15) is 27.7 Å². The van der Waals surface area contributed by atoms with E-state index in [1.807, 2.05) is 27.7 Å². The van der Waals surface area contributed by atoms with E-state index in [1.54, 1.807) is 0 Å². The Labute approximate surface area is 106 Å². The molecule has 0 aliphatic heterocycles. The molecule has 0 bridgehead atoms. The molecular formula is C13H18F2N2O. The van der Waals surface area contributed by atoms with Gasteiger partial charge in [0.2, 0.25) is 0 Å². The first-order valence-corrected chi connectivity index (χ1v) is 5.72. The summed E-state index contributed by atoms with van der Waals surface area (Å²) in [5, 5.41) is 5.19. The molecule has 1 unspecified atom stereocenters. The average Bonchev–Trinajstić information content (AvgIpc) is 2.22. The highest BCUT2D eigenvalue weighted by atomic mass is 19.2. The van der Waals surface area contributed by atoms with Crippen LogP contribution in [0.3, 0.4) is 0 Å². The standard InChI is InChI=1S/C13H18F2N2O/c1-8(13(2,3)4)16-12(18)17-9-5-6-10(14)11(15)7-9/h5-8H,1-4H3,(H2,16,17,18). The minimum Gasteiger partial charge on any atom is -0.335 e. The van der Waals surface area contributed by atoms with Gasteiger partial charge < -0.3 is 10.6 Å². The van der Waals surface area contributed by atoms with Crippen molar-refractivity contribution in [2.75, 3.05) is 5.32 Å². The summed E-state index contributed by atoms with van der Waals surface area (Å²) in [6, 6.07) is 2.72. The Kier molecular flexibility index (Phi) is 4.27. The van der Waals surface area contributed by atoms with Gasteiger partial charge in [0, 0.05) is 17.8 Å². The molecule has 1 aromatic carbocycles. The van der Waals surface area contributed by atoms with Gasteiger partial charge in [0.15, 0.2) is 11.6 Å². The highest BCUT2D eigenvalue weighted by Crippen LogP contribution is 2.19. The van der Waals surface area contributed by atoms with E-state index in [9.17, 15) is 13.6 Å². The van der Waals surface area contributed by atoms with Crippen LogP contribution in [0.2, 0.25) is 0 Å². The van der Waals surface area contributed by atoms with Crippen molar-refractivity contribution in [2.24, 2.45) is 5.41 Å². The minimum absolute atomic E-state index is 0.0530. The van der Waals surface area contributed by atoms with Crippen molar-refractivity contribution < 1.29 is 13.6 Å². The number of hydrogen-bond donors (Lipinski definition) is 2. The number of nitrogens with one attached hydrogen (secondary N) is 2. The number of carbonyl (C=O) groups is 1. The van der Waals surface area contributed by atoms with Crippen LogP contribution in [0.15, 0.2) is 18.2 Å². The second kappa shape index (κ2) is 5.33. The molecular weight excluding hydrogens is 238 g/mol. The van der Waals surface area contributed by atoms with Gasteiger partial charge >= 0.3 is 6.03 Å². The lowest BCUT2D eigenvalue weighted by Crippen LogP contribution is -2.43. The molecule has 3 nitrogen and oxygen atoms in total. The summed E-state index contributed by atoms with van der Waals surface area (Å²) in [6.45, 7) is 7.87. The fraction of sp³-hybridized carbons (Fsp3) is 0.462. The lowest BCUT2D eigenvalue weighted by atomic mass is 9.88. The number of hydrogen-bond acceptors (Lipinski definition) is 1. The first-order chi connectivity index (χ1) is 8.20. The monoisotopic (exact) mass is 256 g/mol. The molecule has 0 spiro atoms. The summed E-state index contributed by atoms with van der Waals surface area (Å²) < 4.78 is 25.6. The molecule has 0 aliphatic rings. The Morgan fingerprint density at radius 3 is 2.33 bits per heavy atom. The molecule has 0 saturated carbocycles. The summed E-state index contributed by atoms with van der Waals surface area (Å²) in [4.78, 5) is 11.6. The summed E-state index contributed by atoms with van der Waals surface area (Å²) in [6.07, 6.45) is 0. The molecule has 1 rings (SSSR count). The zero-order valence-electron chi connectivity index (χ0n) is 11.0. The van der Waals surface area contributed by atoms with Crippen molar-refractivity contribution in [3.63, 3.8) is 0 Å². The molecule has 0 aromatic heterocycles. The number of halogens is 2. The van der Waals surface area contributed by atoms with E-state index in [0.29, 0.717) is 0 Å². The molecule has 0 aliphatic carbocycles. The van der Waals surface area contributed by atoms with Gasteiger partial charge in [0.05, 0.1) is 0 Å². The van der Waals surface area contributed by atoms with Gasteiger partial charge in [0.25, 0.3) is 0 Å². The SMILES string of the molecule is CC(NC(=O)Nc1ccc(F)c(F)c1)C(C)(C)C. The van der Waals surface area contributed by atoms with Gasteiger partial charge in [-0.1, -0.05) is 20.8 Å². The highest BCUT2D eigenvalue weighted by molar-refractivity contribution is 5.89. The topological polar surface area (TPSA) is 41.1 Å². The van der Waals surface area contributed by atoms with Crippen LogP contribution in [-0.2, 0) is 0 Å². The van der Waals surface area contributed by atoms with Crippen LogP contribution in [0.5, 0.6) is 0 Å². The van der Waals surface area contributed by atoms with Crippen molar-refractivity contribution in [2.45, 2.75) is 33.7 Å². The number of benzene rings is 1. The summed E-state index contributed by atoms with van der Waals surface area (Å²) in [5.41, 5.74) is 0.137. The summed E-state index contributed by atoms with van der Waals surface area (Å²) >= 11 is 0. The fourth-order valence-electron chi connectivity index (χ4n) is 1.15. The van der Waals surface area contributed by atoms with E-state index in [2.05, 4.69) is 10.6 Å². The number of amides is 2. The van der Waals surface area contributed by atoms with Gasteiger partial charge in [-0.15, -0.1) is 0 Å². The maximum Gasteiger partial charge on any atom is 0.319 e. The van der Waals surface area contributed by atoms with E-state index < -0.39 is 17.7 Å². The van der Waals surface area contributed by atoms with Gasteiger partial charge in [-0.25, -0.2) is 13.6 Å². The Balaban J connectivity index is 2.62.